The number of rotatable bonds is 5. The summed E-state index contributed by atoms with van der Waals surface area (Å²) in [5.41, 5.74) is 7.50. The first kappa shape index (κ1) is 22.5. The third-order valence-electron chi connectivity index (χ3n) is 7.21. The summed E-state index contributed by atoms with van der Waals surface area (Å²) in [7, 11) is 0. The lowest BCUT2D eigenvalue weighted by Gasteiger charge is -2.40. The van der Waals surface area contributed by atoms with Crippen molar-refractivity contribution in [3.05, 3.63) is 54.3 Å². The predicted molar refractivity (Wildman–Crippen MR) is 134 cm³/mol. The summed E-state index contributed by atoms with van der Waals surface area (Å²) >= 11 is 0. The van der Waals surface area contributed by atoms with E-state index in [1.165, 1.54) is 10.1 Å². The van der Waals surface area contributed by atoms with Crippen LogP contribution in [0.3, 0.4) is 0 Å². The Morgan fingerprint density at radius 1 is 1.03 bits per heavy atom. The fourth-order valence-electron chi connectivity index (χ4n) is 5.18. The lowest BCUT2D eigenvalue weighted by molar-refractivity contribution is -0.134. The Morgan fingerprint density at radius 3 is 2.58 bits per heavy atom. The van der Waals surface area contributed by atoms with Gasteiger partial charge in [-0.2, -0.15) is 19.5 Å². The van der Waals surface area contributed by atoms with Crippen LogP contribution < -0.4 is 10.6 Å². The van der Waals surface area contributed by atoms with Crippen molar-refractivity contribution in [1.29, 1.82) is 0 Å². The standard InChI is InChI=1S/C25H29N9O2/c1-17(18-7-3-2-4-8-18)31-12-14-32(15-13-31)22(35)19-9-5-11-33(19)24-28-23(26)34-25(29-24)27-21(30-34)20-10-6-16-36-20/h2-4,6-8,10,16-17,19H,5,9,11-15H2,1H3,(H2,26,27,28,29,30)/t17?,19-/m0/s1. The van der Waals surface area contributed by atoms with Gasteiger partial charge >= 0.3 is 0 Å². The molecule has 1 amide bonds. The van der Waals surface area contributed by atoms with Gasteiger partial charge in [0.25, 0.3) is 5.78 Å². The Labute approximate surface area is 208 Å². The van der Waals surface area contributed by atoms with Gasteiger partial charge in [0.15, 0.2) is 5.76 Å². The van der Waals surface area contributed by atoms with Crippen molar-refractivity contribution in [3.63, 3.8) is 0 Å². The Bertz CT molecular complexity index is 1350. The van der Waals surface area contributed by atoms with Crippen molar-refractivity contribution in [3.8, 4) is 11.6 Å². The molecule has 2 aliphatic heterocycles. The first-order valence-electron chi connectivity index (χ1n) is 12.4. The van der Waals surface area contributed by atoms with Gasteiger partial charge in [-0.25, -0.2) is 0 Å². The van der Waals surface area contributed by atoms with Gasteiger partial charge in [-0.15, -0.1) is 5.10 Å². The molecular formula is C25H29N9O2. The SMILES string of the molecule is CC(c1ccccc1)N1CCN(C(=O)[C@@H]2CCCN2c2nc(N)n3nc(-c4ccco4)nc3n2)CC1. The summed E-state index contributed by atoms with van der Waals surface area (Å²) in [6.07, 6.45) is 3.21. The molecule has 2 saturated heterocycles. The van der Waals surface area contributed by atoms with Gasteiger partial charge in [0.05, 0.1) is 6.26 Å². The maximum Gasteiger partial charge on any atom is 0.259 e. The van der Waals surface area contributed by atoms with Crippen LogP contribution in [0, 0.1) is 0 Å². The molecule has 36 heavy (non-hydrogen) atoms. The van der Waals surface area contributed by atoms with Crippen molar-refractivity contribution in [2.75, 3.05) is 43.4 Å². The van der Waals surface area contributed by atoms with Gasteiger partial charge in [0, 0.05) is 38.8 Å². The smallest absolute Gasteiger partial charge is 0.259 e. The highest BCUT2D eigenvalue weighted by Crippen LogP contribution is 2.27. The molecule has 2 atom stereocenters. The zero-order valence-corrected chi connectivity index (χ0v) is 20.2. The molecule has 2 aliphatic rings. The van der Waals surface area contributed by atoms with Crippen LogP contribution >= 0.6 is 0 Å². The second-order valence-electron chi connectivity index (χ2n) is 9.31. The first-order valence-corrected chi connectivity index (χ1v) is 12.4. The second kappa shape index (κ2) is 9.23. The maximum atomic E-state index is 13.6. The summed E-state index contributed by atoms with van der Waals surface area (Å²) in [5, 5.41) is 4.36. The van der Waals surface area contributed by atoms with E-state index in [4.69, 9.17) is 10.2 Å². The third kappa shape index (κ3) is 4.05. The van der Waals surface area contributed by atoms with Gasteiger partial charge in [0.1, 0.15) is 6.04 Å². The van der Waals surface area contributed by atoms with Crippen molar-refractivity contribution >= 4 is 23.6 Å². The molecule has 11 nitrogen and oxygen atoms in total. The molecule has 0 bridgehead atoms. The summed E-state index contributed by atoms with van der Waals surface area (Å²) < 4.78 is 6.78. The zero-order valence-electron chi connectivity index (χ0n) is 20.2. The Kier molecular flexibility index (Phi) is 5.76. The summed E-state index contributed by atoms with van der Waals surface area (Å²) in [4.78, 5) is 33.5. The van der Waals surface area contributed by atoms with Gasteiger partial charge in [-0.05, 0) is 37.5 Å². The summed E-state index contributed by atoms with van der Waals surface area (Å²) in [6.45, 7) is 6.03. The molecule has 2 N–H and O–H groups in total. The molecule has 1 unspecified atom stereocenters. The number of piperazine rings is 1. The Hall–Kier alpha value is -3.99. The van der Waals surface area contributed by atoms with Crippen molar-refractivity contribution in [2.24, 2.45) is 0 Å². The predicted octanol–water partition coefficient (Wildman–Crippen LogP) is 2.24. The monoisotopic (exact) mass is 487 g/mol. The fourth-order valence-corrected chi connectivity index (χ4v) is 5.18. The minimum atomic E-state index is -0.308. The number of furan rings is 1. The molecule has 0 spiro atoms. The number of hydrogen-bond donors (Lipinski definition) is 1. The van der Waals surface area contributed by atoms with Crippen LogP contribution in [0.4, 0.5) is 11.9 Å². The van der Waals surface area contributed by atoms with Crippen LogP contribution in [0.15, 0.2) is 53.1 Å². The number of nitrogen functional groups attached to an aromatic ring is 1. The number of benzene rings is 1. The van der Waals surface area contributed by atoms with E-state index in [9.17, 15) is 4.79 Å². The largest absolute Gasteiger partial charge is 0.461 e. The molecule has 4 aromatic rings. The first-order chi connectivity index (χ1) is 17.6. The molecule has 0 radical (unpaired) electrons. The third-order valence-corrected chi connectivity index (χ3v) is 7.21. The Balaban J connectivity index is 1.17. The van der Waals surface area contributed by atoms with Crippen LogP contribution in [0.5, 0.6) is 0 Å². The topological polar surface area (TPSA) is 122 Å². The fraction of sp³-hybridized carbons (Fsp3) is 0.400. The van der Waals surface area contributed by atoms with Crippen molar-refractivity contribution in [2.45, 2.75) is 31.8 Å². The van der Waals surface area contributed by atoms with Crippen molar-refractivity contribution in [1.82, 2.24) is 34.4 Å². The molecule has 6 rings (SSSR count). The molecule has 0 aliphatic carbocycles. The van der Waals surface area contributed by atoms with Crippen LogP contribution in [0.2, 0.25) is 0 Å². The number of nitrogens with two attached hydrogens (primary N) is 1. The van der Waals surface area contributed by atoms with Crippen LogP contribution in [0.1, 0.15) is 31.4 Å². The number of aromatic nitrogens is 5. The summed E-state index contributed by atoms with van der Waals surface area (Å²) in [6, 6.07) is 14.1. The summed E-state index contributed by atoms with van der Waals surface area (Å²) in [5.74, 6) is 1.93. The van der Waals surface area contributed by atoms with E-state index in [-0.39, 0.29) is 17.9 Å². The molecule has 5 heterocycles. The number of fused-ring (bicyclic) bond motifs is 1. The maximum absolute atomic E-state index is 13.6. The number of anilines is 2. The molecular weight excluding hydrogens is 458 g/mol. The van der Waals surface area contributed by atoms with Crippen LogP contribution in [-0.2, 0) is 4.79 Å². The van der Waals surface area contributed by atoms with Gasteiger partial charge in [-0.1, -0.05) is 30.3 Å². The van der Waals surface area contributed by atoms with E-state index in [1.54, 1.807) is 18.4 Å². The lowest BCUT2D eigenvalue weighted by atomic mass is 10.1. The van der Waals surface area contributed by atoms with E-state index < -0.39 is 0 Å². The average Bonchev–Trinajstić information content (AvgIpc) is 3.69. The number of hydrogen-bond acceptors (Lipinski definition) is 9. The van der Waals surface area contributed by atoms with Crippen LogP contribution in [-0.4, -0.2) is 79.0 Å². The second-order valence-corrected chi connectivity index (χ2v) is 9.31. The average molecular weight is 488 g/mol. The normalized spacial score (nSPS) is 19.8. The Morgan fingerprint density at radius 2 is 1.83 bits per heavy atom. The van der Waals surface area contributed by atoms with E-state index >= 15 is 0 Å². The molecule has 0 saturated carbocycles. The van der Waals surface area contributed by atoms with E-state index in [0.29, 0.717) is 49.0 Å². The number of carbonyl (C=O) groups is 1. The van der Waals surface area contributed by atoms with Gasteiger partial charge in [0.2, 0.25) is 23.6 Å². The highest BCUT2D eigenvalue weighted by Gasteiger charge is 2.37. The minimum Gasteiger partial charge on any atom is -0.461 e. The highest BCUT2D eigenvalue weighted by molar-refractivity contribution is 5.85. The minimum absolute atomic E-state index is 0.124. The molecule has 2 fully saturated rings. The lowest BCUT2D eigenvalue weighted by Crippen LogP contribution is -2.54. The van der Waals surface area contributed by atoms with E-state index in [1.807, 2.05) is 15.9 Å². The zero-order chi connectivity index (χ0) is 24.6. The van der Waals surface area contributed by atoms with E-state index in [0.717, 1.165) is 25.9 Å². The van der Waals surface area contributed by atoms with E-state index in [2.05, 4.69) is 56.1 Å². The molecule has 3 aromatic heterocycles. The number of amides is 1. The highest BCUT2D eigenvalue weighted by atomic mass is 16.3. The van der Waals surface area contributed by atoms with Crippen LogP contribution in [0.25, 0.3) is 17.4 Å². The van der Waals surface area contributed by atoms with Crippen molar-refractivity contribution < 1.29 is 9.21 Å². The number of nitrogens with zero attached hydrogens (tertiary/aromatic N) is 8. The quantitative estimate of drug-likeness (QED) is 0.451. The number of carbonyl (C=O) groups excluding carboxylic acids is 1. The van der Waals surface area contributed by atoms with Gasteiger partial charge < -0.3 is 20.0 Å². The molecule has 186 valence electrons. The molecule has 1 aromatic carbocycles. The molecule has 11 heteroatoms. The van der Waals surface area contributed by atoms with Gasteiger partial charge in [-0.3, -0.25) is 9.69 Å².